The molecule has 3 rings (SSSR count). The van der Waals surface area contributed by atoms with E-state index in [1.165, 1.54) is 7.11 Å². The molecule has 8 heteroatoms. The molecule has 5 nitrogen and oxygen atoms in total. The van der Waals surface area contributed by atoms with E-state index in [1.54, 1.807) is 36.4 Å². The maximum atomic E-state index is 12.3. The molecule has 0 spiro atoms. The summed E-state index contributed by atoms with van der Waals surface area (Å²) in [6, 6.07) is 8.51. The van der Waals surface area contributed by atoms with Crippen molar-refractivity contribution in [3.05, 3.63) is 51.0 Å². The summed E-state index contributed by atoms with van der Waals surface area (Å²) < 4.78 is 10.6. The first-order chi connectivity index (χ1) is 12.0. The third-order valence-electron chi connectivity index (χ3n) is 3.49. The summed E-state index contributed by atoms with van der Waals surface area (Å²) in [5, 5.41) is 0.722. The van der Waals surface area contributed by atoms with Gasteiger partial charge in [-0.25, -0.2) is 0 Å². The van der Waals surface area contributed by atoms with Gasteiger partial charge >= 0.3 is 0 Å². The summed E-state index contributed by atoms with van der Waals surface area (Å²) in [5.74, 6) is 0.617. The van der Waals surface area contributed by atoms with Gasteiger partial charge in [0.25, 0.3) is 11.1 Å². The molecule has 0 N–H and O–H groups in total. The predicted octanol–water partition coefficient (Wildman–Crippen LogP) is 4.94. The second kappa shape index (κ2) is 7.66. The minimum atomic E-state index is -0.356. The van der Waals surface area contributed by atoms with Crippen molar-refractivity contribution in [3.63, 3.8) is 0 Å². The molecule has 130 valence electrons. The molecular formula is C17H13Cl2NO4S. The normalized spacial score (nSPS) is 16.3. The number of furan rings is 1. The molecule has 2 aromatic rings. The highest BCUT2D eigenvalue weighted by atomic mass is 35.5. The van der Waals surface area contributed by atoms with Crippen LogP contribution in [-0.4, -0.2) is 36.3 Å². The third kappa shape index (κ3) is 3.93. The van der Waals surface area contributed by atoms with E-state index >= 15 is 0 Å². The molecule has 0 saturated carbocycles. The van der Waals surface area contributed by atoms with Gasteiger partial charge in [0.1, 0.15) is 11.5 Å². The van der Waals surface area contributed by atoms with Crippen LogP contribution in [-0.2, 0) is 9.53 Å². The zero-order chi connectivity index (χ0) is 18.0. The van der Waals surface area contributed by atoms with Crippen LogP contribution in [0.4, 0.5) is 4.79 Å². The third-order valence-corrected chi connectivity index (χ3v) is 4.96. The lowest BCUT2D eigenvalue weighted by atomic mass is 10.2. The van der Waals surface area contributed by atoms with E-state index in [0.717, 1.165) is 16.7 Å². The second-order valence-corrected chi connectivity index (χ2v) is 6.99. The Morgan fingerprint density at radius 3 is 2.80 bits per heavy atom. The number of carbonyl (C=O) groups is 2. The van der Waals surface area contributed by atoms with Crippen LogP contribution in [0.25, 0.3) is 17.4 Å². The molecule has 1 fully saturated rings. The van der Waals surface area contributed by atoms with E-state index in [1.807, 2.05) is 0 Å². The fraction of sp³-hybridized carbons (Fsp3) is 0.176. The smallest absolute Gasteiger partial charge is 0.293 e. The Morgan fingerprint density at radius 1 is 1.24 bits per heavy atom. The van der Waals surface area contributed by atoms with E-state index in [9.17, 15) is 9.59 Å². The van der Waals surface area contributed by atoms with Gasteiger partial charge in [-0.3, -0.25) is 14.5 Å². The topological polar surface area (TPSA) is 59.8 Å². The van der Waals surface area contributed by atoms with E-state index in [4.69, 9.17) is 32.4 Å². The Labute approximate surface area is 158 Å². The number of nitrogens with zero attached hydrogens (tertiary/aromatic N) is 1. The van der Waals surface area contributed by atoms with Crippen molar-refractivity contribution >= 4 is 52.2 Å². The van der Waals surface area contributed by atoms with E-state index < -0.39 is 0 Å². The average Bonchev–Trinajstić information content (AvgIpc) is 3.14. The van der Waals surface area contributed by atoms with Crippen LogP contribution in [0, 0.1) is 0 Å². The zero-order valence-corrected chi connectivity index (χ0v) is 15.5. The lowest BCUT2D eigenvalue weighted by Gasteiger charge is -2.10. The van der Waals surface area contributed by atoms with Crippen LogP contribution in [0.5, 0.6) is 0 Å². The number of carbonyl (C=O) groups excluding carboxylic acids is 2. The van der Waals surface area contributed by atoms with Crippen LogP contribution in [0.1, 0.15) is 5.76 Å². The van der Waals surface area contributed by atoms with Gasteiger partial charge in [0.2, 0.25) is 0 Å². The maximum Gasteiger partial charge on any atom is 0.293 e. The van der Waals surface area contributed by atoms with Gasteiger partial charge in [0.05, 0.1) is 23.1 Å². The summed E-state index contributed by atoms with van der Waals surface area (Å²) in [4.78, 5) is 25.6. The van der Waals surface area contributed by atoms with Gasteiger partial charge in [0.15, 0.2) is 0 Å². The van der Waals surface area contributed by atoms with Crippen LogP contribution in [0.2, 0.25) is 10.0 Å². The molecule has 0 unspecified atom stereocenters. The number of halogens is 2. The molecule has 0 aliphatic carbocycles. The lowest BCUT2D eigenvalue weighted by Crippen LogP contribution is -2.31. The Balaban J connectivity index is 1.84. The number of methoxy groups -OCH3 is 1. The van der Waals surface area contributed by atoms with Gasteiger partial charge in [-0.2, -0.15) is 0 Å². The first kappa shape index (κ1) is 18.1. The van der Waals surface area contributed by atoms with Gasteiger partial charge in [-0.1, -0.05) is 23.2 Å². The highest BCUT2D eigenvalue weighted by Gasteiger charge is 2.34. The fourth-order valence-corrected chi connectivity index (χ4v) is 3.49. The predicted molar refractivity (Wildman–Crippen MR) is 98.7 cm³/mol. The van der Waals surface area contributed by atoms with Gasteiger partial charge < -0.3 is 9.15 Å². The quantitative estimate of drug-likeness (QED) is 0.668. The summed E-state index contributed by atoms with van der Waals surface area (Å²) >= 11 is 13.0. The summed E-state index contributed by atoms with van der Waals surface area (Å²) in [7, 11) is 1.51. The van der Waals surface area contributed by atoms with Crippen molar-refractivity contribution in [1.29, 1.82) is 0 Å². The molecule has 2 amide bonds. The molecule has 1 aliphatic heterocycles. The molecule has 1 aromatic carbocycles. The minimum absolute atomic E-state index is 0.222. The Bertz CT molecular complexity index is 862. The fourth-order valence-electron chi connectivity index (χ4n) is 2.27. The number of imide groups is 1. The average molecular weight is 398 g/mol. The van der Waals surface area contributed by atoms with Gasteiger partial charge in [0, 0.05) is 23.8 Å². The Morgan fingerprint density at radius 2 is 2.04 bits per heavy atom. The molecule has 0 atom stereocenters. The SMILES string of the molecule is COCCN1C(=O)S/C(=C/c2ccc(-c3cc(Cl)ccc3Cl)o2)C1=O. The summed E-state index contributed by atoms with van der Waals surface area (Å²) in [6.45, 7) is 0.517. The van der Waals surface area contributed by atoms with Crippen molar-refractivity contribution in [2.45, 2.75) is 0 Å². The van der Waals surface area contributed by atoms with Crippen molar-refractivity contribution in [2.75, 3.05) is 20.3 Å². The van der Waals surface area contributed by atoms with Crippen LogP contribution in [0.15, 0.2) is 39.7 Å². The number of ether oxygens (including phenoxy) is 1. The maximum absolute atomic E-state index is 12.3. The molecule has 0 radical (unpaired) electrons. The number of amides is 2. The monoisotopic (exact) mass is 397 g/mol. The molecule has 2 heterocycles. The van der Waals surface area contributed by atoms with Crippen LogP contribution < -0.4 is 0 Å². The Kier molecular flexibility index (Phi) is 5.54. The van der Waals surface area contributed by atoms with Crippen molar-refractivity contribution < 1.29 is 18.7 Å². The van der Waals surface area contributed by atoms with Gasteiger partial charge in [-0.05, 0) is 42.1 Å². The van der Waals surface area contributed by atoms with Crippen LogP contribution >= 0.6 is 35.0 Å². The summed E-state index contributed by atoms with van der Waals surface area (Å²) in [5.41, 5.74) is 0.655. The molecule has 1 aromatic heterocycles. The highest BCUT2D eigenvalue weighted by molar-refractivity contribution is 8.18. The number of thioether (sulfide) groups is 1. The largest absolute Gasteiger partial charge is 0.457 e. The van der Waals surface area contributed by atoms with Crippen molar-refractivity contribution in [1.82, 2.24) is 4.90 Å². The minimum Gasteiger partial charge on any atom is -0.457 e. The summed E-state index contributed by atoms with van der Waals surface area (Å²) in [6.07, 6.45) is 1.54. The first-order valence-corrected chi connectivity index (χ1v) is 8.86. The second-order valence-electron chi connectivity index (χ2n) is 5.15. The van der Waals surface area contributed by atoms with Crippen LogP contribution in [0.3, 0.4) is 0 Å². The lowest BCUT2D eigenvalue weighted by molar-refractivity contribution is -0.123. The molecule has 1 aliphatic rings. The first-order valence-electron chi connectivity index (χ1n) is 7.29. The van der Waals surface area contributed by atoms with E-state index in [0.29, 0.717) is 38.6 Å². The number of hydrogen-bond acceptors (Lipinski definition) is 5. The zero-order valence-electron chi connectivity index (χ0n) is 13.1. The van der Waals surface area contributed by atoms with E-state index in [2.05, 4.69) is 0 Å². The number of benzene rings is 1. The van der Waals surface area contributed by atoms with Crippen molar-refractivity contribution in [3.8, 4) is 11.3 Å². The molecular weight excluding hydrogens is 385 g/mol. The molecule has 1 saturated heterocycles. The number of rotatable bonds is 5. The standard InChI is InChI=1S/C17H13Cl2NO4S/c1-23-7-6-20-16(21)15(25-17(20)22)9-11-3-5-14(24-11)12-8-10(18)2-4-13(12)19/h2-5,8-9H,6-7H2,1H3/b15-9+. The highest BCUT2D eigenvalue weighted by Crippen LogP contribution is 2.35. The number of hydrogen-bond donors (Lipinski definition) is 0. The molecule has 0 bridgehead atoms. The van der Waals surface area contributed by atoms with Crippen molar-refractivity contribution in [2.24, 2.45) is 0 Å². The van der Waals surface area contributed by atoms with E-state index in [-0.39, 0.29) is 17.7 Å². The Hall–Kier alpha value is -1.73. The van der Waals surface area contributed by atoms with Gasteiger partial charge in [-0.15, -0.1) is 0 Å². The molecule has 25 heavy (non-hydrogen) atoms.